The molecule has 3 rings (SSSR count). The zero-order valence-corrected chi connectivity index (χ0v) is 12.6. The number of rotatable bonds is 4. The lowest BCUT2D eigenvalue weighted by Gasteiger charge is -2.05. The molecule has 0 radical (unpaired) electrons. The summed E-state index contributed by atoms with van der Waals surface area (Å²) in [5, 5.41) is 13.3. The van der Waals surface area contributed by atoms with Gasteiger partial charge >= 0.3 is 0 Å². The highest BCUT2D eigenvalue weighted by Crippen LogP contribution is 2.19. The first-order chi connectivity index (χ1) is 11.8. The number of H-pyrrole nitrogens is 1. The molecule has 0 unspecified atom stereocenters. The third kappa shape index (κ3) is 3.36. The molecule has 0 spiro atoms. The monoisotopic (exact) mass is 315 g/mol. The lowest BCUT2D eigenvalue weighted by molar-refractivity contribution is 1.08. The molecular weight excluding hydrogens is 302 g/mol. The lowest BCUT2D eigenvalue weighted by atomic mass is 10.1. The Labute approximate surface area is 138 Å². The summed E-state index contributed by atoms with van der Waals surface area (Å²) < 4.78 is 0. The Morgan fingerprint density at radius 3 is 2.42 bits per heavy atom. The molecule has 1 heterocycles. The number of nitrogens with one attached hydrogen (secondary N) is 2. The van der Waals surface area contributed by atoms with Gasteiger partial charge in [-0.1, -0.05) is 60.7 Å². The van der Waals surface area contributed by atoms with Gasteiger partial charge in [-0.2, -0.15) is 10.4 Å². The molecule has 0 fully saturated rings. The van der Waals surface area contributed by atoms with Crippen LogP contribution in [0, 0.1) is 11.3 Å². The molecule has 2 N–H and O–H groups in total. The van der Waals surface area contributed by atoms with E-state index in [9.17, 15) is 10.1 Å². The SMILES string of the molecule is N#Cc1c(-c2ccccc2)nc(N/N=C/c2ccccc2)[nH]c1=O. The van der Waals surface area contributed by atoms with E-state index in [4.69, 9.17) is 0 Å². The predicted molar refractivity (Wildman–Crippen MR) is 92.7 cm³/mol. The maximum atomic E-state index is 12.1. The Balaban J connectivity index is 1.93. The standard InChI is InChI=1S/C18H13N5O/c19-11-15-16(14-9-5-2-6-10-14)21-18(22-17(15)24)23-20-12-13-7-3-1-4-8-13/h1-10,12H,(H2,21,22,23,24)/b20-12+. The lowest BCUT2D eigenvalue weighted by Crippen LogP contribution is -2.16. The van der Waals surface area contributed by atoms with E-state index < -0.39 is 5.56 Å². The zero-order chi connectivity index (χ0) is 16.8. The third-order valence-corrected chi connectivity index (χ3v) is 3.26. The minimum Gasteiger partial charge on any atom is -0.290 e. The first-order valence-corrected chi connectivity index (χ1v) is 7.22. The van der Waals surface area contributed by atoms with Gasteiger partial charge in [0, 0.05) is 5.56 Å². The molecule has 0 atom stereocenters. The number of aromatic amines is 1. The molecule has 116 valence electrons. The van der Waals surface area contributed by atoms with Crippen molar-refractivity contribution >= 4 is 12.2 Å². The van der Waals surface area contributed by atoms with Crippen molar-refractivity contribution in [2.24, 2.45) is 5.10 Å². The van der Waals surface area contributed by atoms with Crippen LogP contribution < -0.4 is 11.0 Å². The summed E-state index contributed by atoms with van der Waals surface area (Å²) in [5.41, 5.74) is 4.07. The van der Waals surface area contributed by atoms with Gasteiger partial charge in [-0.15, -0.1) is 0 Å². The second-order valence-corrected chi connectivity index (χ2v) is 4.90. The highest BCUT2D eigenvalue weighted by atomic mass is 16.1. The molecule has 1 aromatic heterocycles. The van der Waals surface area contributed by atoms with Crippen LogP contribution in [0.3, 0.4) is 0 Å². The summed E-state index contributed by atoms with van der Waals surface area (Å²) in [4.78, 5) is 18.9. The Morgan fingerprint density at radius 2 is 1.75 bits per heavy atom. The largest absolute Gasteiger partial charge is 0.290 e. The van der Waals surface area contributed by atoms with E-state index in [0.717, 1.165) is 5.56 Å². The van der Waals surface area contributed by atoms with Gasteiger partial charge in [0.15, 0.2) is 0 Å². The number of benzene rings is 2. The van der Waals surface area contributed by atoms with Gasteiger partial charge in [-0.3, -0.25) is 9.78 Å². The van der Waals surface area contributed by atoms with Crippen LogP contribution in [0.2, 0.25) is 0 Å². The number of nitrogens with zero attached hydrogens (tertiary/aromatic N) is 3. The summed E-state index contributed by atoms with van der Waals surface area (Å²) in [7, 11) is 0. The van der Waals surface area contributed by atoms with Crippen molar-refractivity contribution in [1.82, 2.24) is 9.97 Å². The fourth-order valence-corrected chi connectivity index (χ4v) is 2.14. The van der Waals surface area contributed by atoms with Gasteiger partial charge in [-0.25, -0.2) is 10.4 Å². The number of nitriles is 1. The minimum atomic E-state index is -0.510. The molecule has 0 amide bonds. The summed E-state index contributed by atoms with van der Waals surface area (Å²) in [5.74, 6) is 0.171. The van der Waals surface area contributed by atoms with Crippen LogP contribution in [0.15, 0.2) is 70.6 Å². The highest BCUT2D eigenvalue weighted by Gasteiger charge is 2.12. The van der Waals surface area contributed by atoms with Crippen LogP contribution in [0.1, 0.15) is 11.1 Å². The summed E-state index contributed by atoms with van der Waals surface area (Å²) in [6, 6.07) is 20.5. The van der Waals surface area contributed by atoms with Gasteiger partial charge in [0.05, 0.1) is 11.9 Å². The molecule has 0 aliphatic rings. The van der Waals surface area contributed by atoms with Crippen molar-refractivity contribution in [3.8, 4) is 17.3 Å². The maximum absolute atomic E-state index is 12.1. The molecule has 6 nitrogen and oxygen atoms in total. The number of aromatic nitrogens is 2. The Hall–Kier alpha value is -3.72. The molecule has 0 saturated carbocycles. The van der Waals surface area contributed by atoms with E-state index in [-0.39, 0.29) is 11.5 Å². The molecule has 0 saturated heterocycles. The quantitative estimate of drug-likeness (QED) is 0.572. The average Bonchev–Trinajstić information content (AvgIpc) is 2.63. The second kappa shape index (κ2) is 7.03. The minimum absolute atomic E-state index is 0.0289. The van der Waals surface area contributed by atoms with Crippen LogP contribution in [-0.2, 0) is 0 Å². The van der Waals surface area contributed by atoms with Gasteiger partial charge in [0.1, 0.15) is 11.6 Å². The number of hydrazone groups is 1. The van der Waals surface area contributed by atoms with Gasteiger partial charge in [0.2, 0.25) is 5.95 Å². The average molecular weight is 315 g/mol. The van der Waals surface area contributed by atoms with Gasteiger partial charge < -0.3 is 0 Å². The van der Waals surface area contributed by atoms with Gasteiger partial charge in [-0.05, 0) is 5.56 Å². The maximum Gasteiger partial charge on any atom is 0.270 e. The fourth-order valence-electron chi connectivity index (χ4n) is 2.14. The van der Waals surface area contributed by atoms with E-state index in [1.165, 1.54) is 0 Å². The fraction of sp³-hybridized carbons (Fsp3) is 0. The van der Waals surface area contributed by atoms with Crippen LogP contribution in [0.25, 0.3) is 11.3 Å². The number of hydrogen-bond donors (Lipinski definition) is 2. The van der Waals surface area contributed by atoms with Crippen LogP contribution in [0.5, 0.6) is 0 Å². The molecule has 6 heteroatoms. The first-order valence-electron chi connectivity index (χ1n) is 7.22. The van der Waals surface area contributed by atoms with E-state index in [1.54, 1.807) is 18.3 Å². The molecule has 2 aromatic carbocycles. The van der Waals surface area contributed by atoms with Crippen LogP contribution in [-0.4, -0.2) is 16.2 Å². The zero-order valence-electron chi connectivity index (χ0n) is 12.6. The normalized spacial score (nSPS) is 10.5. The summed E-state index contributed by atoms with van der Waals surface area (Å²) in [6.07, 6.45) is 1.61. The summed E-state index contributed by atoms with van der Waals surface area (Å²) >= 11 is 0. The Kier molecular flexibility index (Phi) is 4.45. The molecule has 0 aliphatic carbocycles. The molecule has 0 aliphatic heterocycles. The van der Waals surface area contributed by atoms with Crippen molar-refractivity contribution in [2.75, 3.05) is 5.43 Å². The van der Waals surface area contributed by atoms with Crippen molar-refractivity contribution in [3.05, 3.63) is 82.1 Å². The molecular formula is C18H13N5O. The van der Waals surface area contributed by atoms with Crippen molar-refractivity contribution in [2.45, 2.75) is 0 Å². The molecule has 3 aromatic rings. The Bertz CT molecular complexity index is 956. The Morgan fingerprint density at radius 1 is 1.08 bits per heavy atom. The number of hydrogen-bond acceptors (Lipinski definition) is 5. The third-order valence-electron chi connectivity index (χ3n) is 3.26. The van der Waals surface area contributed by atoms with Crippen LogP contribution in [0.4, 0.5) is 5.95 Å². The first kappa shape index (κ1) is 15.2. The van der Waals surface area contributed by atoms with Crippen LogP contribution >= 0.6 is 0 Å². The second-order valence-electron chi connectivity index (χ2n) is 4.90. The van der Waals surface area contributed by atoms with E-state index in [1.807, 2.05) is 54.6 Å². The molecule has 24 heavy (non-hydrogen) atoms. The van der Waals surface area contributed by atoms with E-state index in [2.05, 4.69) is 20.5 Å². The van der Waals surface area contributed by atoms with E-state index in [0.29, 0.717) is 11.3 Å². The smallest absolute Gasteiger partial charge is 0.270 e. The molecule has 0 bridgehead atoms. The van der Waals surface area contributed by atoms with Gasteiger partial charge in [0.25, 0.3) is 5.56 Å². The van der Waals surface area contributed by atoms with Crippen molar-refractivity contribution in [3.63, 3.8) is 0 Å². The topological polar surface area (TPSA) is 93.9 Å². The number of anilines is 1. The van der Waals surface area contributed by atoms with E-state index >= 15 is 0 Å². The predicted octanol–water partition coefficient (Wildman–Crippen LogP) is 2.75. The van der Waals surface area contributed by atoms with Crippen molar-refractivity contribution < 1.29 is 0 Å². The van der Waals surface area contributed by atoms with Crippen molar-refractivity contribution in [1.29, 1.82) is 5.26 Å². The summed E-state index contributed by atoms with van der Waals surface area (Å²) in [6.45, 7) is 0. The highest BCUT2D eigenvalue weighted by molar-refractivity contribution is 5.79.